The van der Waals surface area contributed by atoms with Gasteiger partial charge in [-0.3, -0.25) is 4.57 Å². The second-order valence-electron chi connectivity index (χ2n) is 6.04. The third-order valence-corrected chi connectivity index (χ3v) is 5.01. The van der Waals surface area contributed by atoms with Crippen LogP contribution in [0.15, 0.2) is 29.7 Å². The third-order valence-electron chi connectivity index (χ3n) is 4.46. The molecule has 3 aromatic rings. The number of rotatable bonds is 6. The van der Waals surface area contributed by atoms with E-state index in [2.05, 4.69) is 20.3 Å². The molecule has 3 heterocycles. The number of aromatic nitrogens is 4. The Kier molecular flexibility index (Phi) is 5.04. The lowest BCUT2D eigenvalue weighted by Crippen LogP contribution is -2.07. The summed E-state index contributed by atoms with van der Waals surface area (Å²) in [5.41, 5.74) is 2.19. The van der Waals surface area contributed by atoms with Crippen LogP contribution in [0.3, 0.4) is 0 Å². The summed E-state index contributed by atoms with van der Waals surface area (Å²) in [5, 5.41) is 3.99. The average molecular weight is 387 g/mol. The van der Waals surface area contributed by atoms with Crippen molar-refractivity contribution in [2.45, 2.75) is 24.2 Å². The number of imidazole rings is 1. The number of thioether (sulfide) groups is 1. The maximum atomic E-state index is 5.80. The molecule has 2 aromatic heterocycles. The molecule has 142 valence electrons. The Bertz CT molecular complexity index is 956. The Balaban J connectivity index is 1.79. The number of ether oxygens (including phenoxy) is 3. The molecule has 0 spiro atoms. The Morgan fingerprint density at radius 3 is 2.85 bits per heavy atom. The highest BCUT2D eigenvalue weighted by Gasteiger charge is 2.22. The number of fused-ring (bicyclic) bond motifs is 1. The highest BCUT2D eigenvalue weighted by Crippen LogP contribution is 2.34. The Labute approximate surface area is 161 Å². The van der Waals surface area contributed by atoms with E-state index in [4.69, 9.17) is 14.2 Å². The van der Waals surface area contributed by atoms with Gasteiger partial charge in [-0.25, -0.2) is 15.0 Å². The van der Waals surface area contributed by atoms with E-state index in [9.17, 15) is 0 Å². The predicted molar refractivity (Wildman–Crippen MR) is 104 cm³/mol. The number of anilines is 2. The van der Waals surface area contributed by atoms with E-state index >= 15 is 0 Å². The molecular formula is C18H21N5O3S. The summed E-state index contributed by atoms with van der Waals surface area (Å²) in [5.74, 6) is 2.03. The van der Waals surface area contributed by atoms with Crippen molar-refractivity contribution in [3.63, 3.8) is 0 Å². The van der Waals surface area contributed by atoms with E-state index < -0.39 is 0 Å². The molecule has 0 radical (unpaired) electrons. The van der Waals surface area contributed by atoms with Gasteiger partial charge in [0.1, 0.15) is 17.7 Å². The zero-order valence-corrected chi connectivity index (χ0v) is 16.2. The number of methoxy groups -OCH3 is 2. The van der Waals surface area contributed by atoms with E-state index in [0.717, 1.165) is 36.5 Å². The number of benzene rings is 1. The van der Waals surface area contributed by atoms with E-state index in [1.807, 2.05) is 29.0 Å². The van der Waals surface area contributed by atoms with Crippen molar-refractivity contribution in [2.24, 2.45) is 0 Å². The first-order valence-electron chi connectivity index (χ1n) is 8.62. The van der Waals surface area contributed by atoms with Crippen LogP contribution < -0.4 is 14.8 Å². The molecule has 0 bridgehead atoms. The van der Waals surface area contributed by atoms with Crippen molar-refractivity contribution in [1.29, 1.82) is 0 Å². The van der Waals surface area contributed by atoms with Crippen LogP contribution in [0.25, 0.3) is 11.2 Å². The number of hydrogen-bond acceptors (Lipinski definition) is 8. The van der Waals surface area contributed by atoms with Crippen LogP contribution in [-0.4, -0.2) is 46.6 Å². The Morgan fingerprint density at radius 1 is 1.26 bits per heavy atom. The van der Waals surface area contributed by atoms with E-state index in [1.54, 1.807) is 20.5 Å². The third kappa shape index (κ3) is 3.40. The molecule has 0 aliphatic carbocycles. The Hall–Kier alpha value is -2.52. The Morgan fingerprint density at radius 2 is 2.15 bits per heavy atom. The molecule has 0 amide bonds. The lowest BCUT2D eigenvalue weighted by atomic mass is 10.2. The van der Waals surface area contributed by atoms with Crippen LogP contribution in [-0.2, 0) is 4.74 Å². The summed E-state index contributed by atoms with van der Waals surface area (Å²) in [6.45, 7) is 0.761. The number of nitrogens with zero attached hydrogens (tertiary/aromatic N) is 4. The zero-order chi connectivity index (χ0) is 18.8. The zero-order valence-electron chi connectivity index (χ0n) is 15.4. The molecule has 1 saturated heterocycles. The SMILES string of the molecule is COc1ccc(OC)c(Nc2nc(SC)nc3c2ncn3C2CCCO2)c1. The standard InChI is InChI=1S/C18H21N5O3S/c1-24-11-6-7-13(25-2)12(9-11)20-16-15-17(22-18(21-16)27-3)23(10-19-15)14-5-4-8-26-14/h6-7,9-10,14H,4-5,8H2,1-3H3,(H,20,21,22). The van der Waals surface area contributed by atoms with Gasteiger partial charge in [0, 0.05) is 12.7 Å². The predicted octanol–water partition coefficient (Wildman–Crippen LogP) is 3.62. The van der Waals surface area contributed by atoms with Crippen LogP contribution in [0.2, 0.25) is 0 Å². The smallest absolute Gasteiger partial charge is 0.191 e. The van der Waals surface area contributed by atoms with Crippen molar-refractivity contribution in [3.8, 4) is 11.5 Å². The van der Waals surface area contributed by atoms with Gasteiger partial charge in [-0.1, -0.05) is 11.8 Å². The summed E-state index contributed by atoms with van der Waals surface area (Å²) in [6.07, 6.45) is 5.68. The van der Waals surface area contributed by atoms with Crippen molar-refractivity contribution in [1.82, 2.24) is 19.5 Å². The fourth-order valence-corrected chi connectivity index (χ4v) is 3.47. The summed E-state index contributed by atoms with van der Waals surface area (Å²) >= 11 is 1.48. The van der Waals surface area contributed by atoms with E-state index in [-0.39, 0.29) is 6.23 Å². The molecule has 8 nitrogen and oxygen atoms in total. The van der Waals surface area contributed by atoms with Gasteiger partial charge in [-0.15, -0.1) is 0 Å². The molecule has 1 aromatic carbocycles. The molecule has 9 heteroatoms. The first-order chi connectivity index (χ1) is 13.2. The molecular weight excluding hydrogens is 366 g/mol. The van der Waals surface area contributed by atoms with Gasteiger partial charge in [0.2, 0.25) is 0 Å². The van der Waals surface area contributed by atoms with Crippen LogP contribution >= 0.6 is 11.8 Å². The molecule has 1 unspecified atom stereocenters. The van der Waals surface area contributed by atoms with Gasteiger partial charge in [0.05, 0.1) is 26.2 Å². The maximum absolute atomic E-state index is 5.80. The fraction of sp³-hybridized carbons (Fsp3) is 0.389. The topological polar surface area (TPSA) is 83.3 Å². The van der Waals surface area contributed by atoms with Crippen molar-refractivity contribution in [3.05, 3.63) is 24.5 Å². The molecule has 1 N–H and O–H groups in total. The van der Waals surface area contributed by atoms with Crippen molar-refractivity contribution < 1.29 is 14.2 Å². The van der Waals surface area contributed by atoms with Crippen LogP contribution in [0.5, 0.6) is 11.5 Å². The van der Waals surface area contributed by atoms with Gasteiger partial charge < -0.3 is 19.5 Å². The van der Waals surface area contributed by atoms with Crippen LogP contribution in [0, 0.1) is 0 Å². The molecule has 1 atom stereocenters. The number of nitrogens with one attached hydrogen (secondary N) is 1. The van der Waals surface area contributed by atoms with Gasteiger partial charge in [0.25, 0.3) is 0 Å². The monoisotopic (exact) mass is 387 g/mol. The first kappa shape index (κ1) is 17.9. The van der Waals surface area contributed by atoms with E-state index in [0.29, 0.717) is 22.2 Å². The fourth-order valence-electron chi connectivity index (χ4n) is 3.11. The first-order valence-corrected chi connectivity index (χ1v) is 9.85. The van der Waals surface area contributed by atoms with Gasteiger partial charge in [-0.05, 0) is 31.2 Å². The largest absolute Gasteiger partial charge is 0.497 e. The second kappa shape index (κ2) is 7.61. The normalized spacial score (nSPS) is 16.6. The minimum atomic E-state index is -0.0289. The van der Waals surface area contributed by atoms with E-state index in [1.165, 1.54) is 11.8 Å². The van der Waals surface area contributed by atoms with Crippen LogP contribution in [0.4, 0.5) is 11.5 Å². The van der Waals surface area contributed by atoms with Crippen molar-refractivity contribution in [2.75, 3.05) is 32.4 Å². The minimum absolute atomic E-state index is 0.0289. The maximum Gasteiger partial charge on any atom is 0.191 e. The molecule has 1 fully saturated rings. The molecule has 4 rings (SSSR count). The second-order valence-corrected chi connectivity index (χ2v) is 6.82. The molecule has 1 aliphatic rings. The van der Waals surface area contributed by atoms with Gasteiger partial charge in [0.15, 0.2) is 22.1 Å². The lowest BCUT2D eigenvalue weighted by molar-refractivity contribution is 0.0592. The van der Waals surface area contributed by atoms with Crippen molar-refractivity contribution >= 4 is 34.4 Å². The highest BCUT2D eigenvalue weighted by molar-refractivity contribution is 7.98. The van der Waals surface area contributed by atoms with Gasteiger partial charge >= 0.3 is 0 Å². The summed E-state index contributed by atoms with van der Waals surface area (Å²) < 4.78 is 18.6. The summed E-state index contributed by atoms with van der Waals surface area (Å²) in [4.78, 5) is 13.8. The quantitative estimate of drug-likeness (QED) is 0.507. The molecule has 1 aliphatic heterocycles. The summed E-state index contributed by atoms with van der Waals surface area (Å²) in [6, 6.07) is 5.56. The lowest BCUT2D eigenvalue weighted by Gasteiger charge is -2.14. The van der Waals surface area contributed by atoms with Gasteiger partial charge in [-0.2, -0.15) is 0 Å². The van der Waals surface area contributed by atoms with Crippen LogP contribution in [0.1, 0.15) is 19.1 Å². The minimum Gasteiger partial charge on any atom is -0.497 e. The highest BCUT2D eigenvalue weighted by atomic mass is 32.2. The average Bonchev–Trinajstić information content (AvgIpc) is 3.37. The molecule has 27 heavy (non-hydrogen) atoms. The molecule has 0 saturated carbocycles. The summed E-state index contributed by atoms with van der Waals surface area (Å²) in [7, 11) is 3.26. The number of hydrogen-bond donors (Lipinski definition) is 1.